The number of likely N-dealkylation sites (tertiary alicyclic amines) is 1. The molecule has 1 aliphatic heterocycles. The highest BCUT2D eigenvalue weighted by molar-refractivity contribution is 14.0. The molecule has 7 nitrogen and oxygen atoms in total. The van der Waals surface area contributed by atoms with Crippen LogP contribution in [0, 0.1) is 0 Å². The largest absolute Gasteiger partial charge is 0.484 e. The SMILES string of the molecule is CN=C(NCCc1ccc(OCC(=O)NC2CC2)cc1)NCCN1CCCCC1.I. The lowest BCUT2D eigenvalue weighted by Crippen LogP contribution is -2.43. The Kier molecular flexibility index (Phi) is 11.3. The van der Waals surface area contributed by atoms with Crippen molar-refractivity contribution in [2.45, 2.75) is 44.6 Å². The molecule has 0 radical (unpaired) electrons. The molecule has 1 aliphatic carbocycles. The van der Waals surface area contributed by atoms with E-state index in [0.29, 0.717) is 6.04 Å². The van der Waals surface area contributed by atoms with E-state index in [2.05, 4.69) is 25.8 Å². The van der Waals surface area contributed by atoms with Crippen molar-refractivity contribution in [2.75, 3.05) is 46.4 Å². The number of carbonyl (C=O) groups excluding carboxylic acids is 1. The minimum Gasteiger partial charge on any atom is -0.484 e. The Balaban J connectivity index is 0.00000320. The zero-order valence-electron chi connectivity index (χ0n) is 18.0. The van der Waals surface area contributed by atoms with Crippen LogP contribution in [0.2, 0.25) is 0 Å². The fraction of sp³-hybridized carbons (Fsp3) is 0.636. The number of halogens is 1. The quantitative estimate of drug-likeness (QED) is 0.246. The normalized spacial score (nSPS) is 17.0. The summed E-state index contributed by atoms with van der Waals surface area (Å²) in [5.41, 5.74) is 1.22. The molecule has 1 saturated carbocycles. The molecule has 168 valence electrons. The highest BCUT2D eigenvalue weighted by atomic mass is 127. The first-order valence-corrected chi connectivity index (χ1v) is 10.9. The summed E-state index contributed by atoms with van der Waals surface area (Å²) in [4.78, 5) is 18.5. The molecule has 1 amide bonds. The first kappa shape index (κ1) is 24.7. The maximum atomic E-state index is 11.7. The number of carbonyl (C=O) groups is 1. The molecule has 1 saturated heterocycles. The molecule has 2 aliphatic rings. The minimum absolute atomic E-state index is 0. The Morgan fingerprint density at radius 2 is 1.80 bits per heavy atom. The van der Waals surface area contributed by atoms with Crippen LogP contribution in [-0.4, -0.2) is 69.2 Å². The average molecular weight is 529 g/mol. The van der Waals surface area contributed by atoms with Gasteiger partial charge in [-0.3, -0.25) is 9.79 Å². The van der Waals surface area contributed by atoms with E-state index in [-0.39, 0.29) is 36.5 Å². The van der Waals surface area contributed by atoms with Crippen LogP contribution in [0.4, 0.5) is 0 Å². The van der Waals surface area contributed by atoms with Crippen molar-refractivity contribution in [2.24, 2.45) is 4.99 Å². The van der Waals surface area contributed by atoms with Gasteiger partial charge in [-0.1, -0.05) is 18.6 Å². The van der Waals surface area contributed by atoms with Crippen molar-refractivity contribution in [1.29, 1.82) is 0 Å². The molecule has 3 N–H and O–H groups in total. The molecule has 0 bridgehead atoms. The van der Waals surface area contributed by atoms with Gasteiger partial charge in [0.2, 0.25) is 0 Å². The van der Waals surface area contributed by atoms with Gasteiger partial charge >= 0.3 is 0 Å². The maximum absolute atomic E-state index is 11.7. The highest BCUT2D eigenvalue weighted by Gasteiger charge is 2.23. The number of nitrogens with zero attached hydrogens (tertiary/aromatic N) is 2. The first-order chi connectivity index (χ1) is 14.2. The van der Waals surface area contributed by atoms with E-state index in [9.17, 15) is 4.79 Å². The first-order valence-electron chi connectivity index (χ1n) is 10.9. The Morgan fingerprint density at radius 1 is 1.10 bits per heavy atom. The molecular weight excluding hydrogens is 493 g/mol. The maximum Gasteiger partial charge on any atom is 0.258 e. The van der Waals surface area contributed by atoms with Crippen LogP contribution in [0.5, 0.6) is 5.75 Å². The highest BCUT2D eigenvalue weighted by Crippen LogP contribution is 2.18. The monoisotopic (exact) mass is 529 g/mol. The average Bonchev–Trinajstić information content (AvgIpc) is 3.57. The second-order valence-electron chi connectivity index (χ2n) is 7.85. The summed E-state index contributed by atoms with van der Waals surface area (Å²) < 4.78 is 5.55. The second-order valence-corrected chi connectivity index (χ2v) is 7.85. The molecule has 30 heavy (non-hydrogen) atoms. The summed E-state index contributed by atoms with van der Waals surface area (Å²) in [6, 6.07) is 8.30. The fourth-order valence-corrected chi connectivity index (χ4v) is 3.46. The van der Waals surface area contributed by atoms with E-state index in [1.54, 1.807) is 0 Å². The van der Waals surface area contributed by atoms with Crippen LogP contribution in [0.15, 0.2) is 29.3 Å². The van der Waals surface area contributed by atoms with E-state index in [1.165, 1.54) is 37.9 Å². The molecular formula is C22H36IN5O2. The number of nitrogens with one attached hydrogen (secondary N) is 3. The Hall–Kier alpha value is -1.55. The smallest absolute Gasteiger partial charge is 0.258 e. The Labute approximate surface area is 197 Å². The van der Waals surface area contributed by atoms with E-state index in [0.717, 1.165) is 50.6 Å². The van der Waals surface area contributed by atoms with Crippen LogP contribution in [0.25, 0.3) is 0 Å². The molecule has 0 aromatic heterocycles. The third-order valence-corrected chi connectivity index (χ3v) is 5.33. The molecule has 8 heteroatoms. The minimum atomic E-state index is -0.0417. The Bertz CT molecular complexity index is 658. The van der Waals surface area contributed by atoms with E-state index >= 15 is 0 Å². The van der Waals surface area contributed by atoms with Crippen LogP contribution in [0.1, 0.15) is 37.7 Å². The molecule has 1 aromatic rings. The zero-order chi connectivity index (χ0) is 20.3. The molecule has 0 atom stereocenters. The van der Waals surface area contributed by atoms with Gasteiger partial charge in [0, 0.05) is 32.7 Å². The topological polar surface area (TPSA) is 78.0 Å². The third-order valence-electron chi connectivity index (χ3n) is 5.33. The number of aliphatic imine (C=N–C) groups is 1. The molecule has 0 unspecified atom stereocenters. The van der Waals surface area contributed by atoms with Gasteiger partial charge in [-0.2, -0.15) is 0 Å². The van der Waals surface area contributed by atoms with Gasteiger partial charge in [0.05, 0.1) is 0 Å². The summed E-state index contributed by atoms with van der Waals surface area (Å²) in [5, 5.41) is 9.69. The van der Waals surface area contributed by atoms with Crippen LogP contribution >= 0.6 is 24.0 Å². The van der Waals surface area contributed by atoms with E-state index < -0.39 is 0 Å². The van der Waals surface area contributed by atoms with Crippen molar-refractivity contribution in [3.8, 4) is 5.75 Å². The number of hydrogen-bond acceptors (Lipinski definition) is 4. The van der Waals surface area contributed by atoms with Crippen molar-refractivity contribution >= 4 is 35.8 Å². The van der Waals surface area contributed by atoms with Crippen LogP contribution in [0.3, 0.4) is 0 Å². The van der Waals surface area contributed by atoms with Gasteiger partial charge in [-0.15, -0.1) is 24.0 Å². The van der Waals surface area contributed by atoms with E-state index in [4.69, 9.17) is 4.74 Å². The third kappa shape index (κ3) is 9.51. The fourth-order valence-electron chi connectivity index (χ4n) is 3.46. The van der Waals surface area contributed by atoms with Gasteiger partial charge in [0.1, 0.15) is 5.75 Å². The standard InChI is InChI=1S/C22H35N5O2.HI/c1-23-22(25-13-16-27-14-3-2-4-15-27)24-12-11-18-5-9-20(10-6-18)29-17-21(28)26-19-7-8-19;/h5-6,9-10,19H,2-4,7-8,11-17H2,1H3,(H,26,28)(H2,23,24,25);1H. The number of piperidine rings is 1. The molecule has 3 rings (SSSR count). The zero-order valence-corrected chi connectivity index (χ0v) is 20.3. The number of hydrogen-bond donors (Lipinski definition) is 3. The summed E-state index contributed by atoms with van der Waals surface area (Å²) in [5.74, 6) is 1.53. The lowest BCUT2D eigenvalue weighted by atomic mass is 10.1. The molecule has 2 fully saturated rings. The summed E-state index contributed by atoms with van der Waals surface area (Å²) in [6.45, 7) is 5.32. The number of ether oxygens (including phenoxy) is 1. The van der Waals surface area contributed by atoms with Crippen molar-refractivity contribution < 1.29 is 9.53 Å². The van der Waals surface area contributed by atoms with Gasteiger partial charge in [0.25, 0.3) is 5.91 Å². The predicted molar refractivity (Wildman–Crippen MR) is 132 cm³/mol. The summed E-state index contributed by atoms with van der Waals surface area (Å²) in [6.07, 6.45) is 7.10. The molecule has 0 spiro atoms. The number of benzene rings is 1. The summed E-state index contributed by atoms with van der Waals surface area (Å²) >= 11 is 0. The molecule has 1 aromatic carbocycles. The second kappa shape index (κ2) is 13.7. The van der Waals surface area contributed by atoms with Gasteiger partial charge < -0.3 is 25.6 Å². The lowest BCUT2D eigenvalue weighted by Gasteiger charge is -2.26. The number of rotatable bonds is 10. The number of guanidine groups is 1. The van der Waals surface area contributed by atoms with Gasteiger partial charge in [-0.25, -0.2) is 0 Å². The van der Waals surface area contributed by atoms with Crippen molar-refractivity contribution in [3.63, 3.8) is 0 Å². The number of amides is 1. The lowest BCUT2D eigenvalue weighted by molar-refractivity contribution is -0.123. The van der Waals surface area contributed by atoms with Crippen molar-refractivity contribution in [1.82, 2.24) is 20.9 Å². The van der Waals surface area contributed by atoms with Crippen LogP contribution < -0.4 is 20.7 Å². The van der Waals surface area contributed by atoms with Crippen molar-refractivity contribution in [3.05, 3.63) is 29.8 Å². The van der Waals surface area contributed by atoms with Gasteiger partial charge in [-0.05, 0) is 62.9 Å². The summed E-state index contributed by atoms with van der Waals surface area (Å²) in [7, 11) is 1.81. The van der Waals surface area contributed by atoms with E-state index in [1.807, 2.05) is 31.3 Å². The molecule has 1 heterocycles. The van der Waals surface area contributed by atoms with Crippen LogP contribution in [-0.2, 0) is 11.2 Å². The van der Waals surface area contributed by atoms with Gasteiger partial charge in [0.15, 0.2) is 12.6 Å². The predicted octanol–water partition coefficient (Wildman–Crippen LogP) is 2.16. The Morgan fingerprint density at radius 3 is 2.47 bits per heavy atom.